The maximum atomic E-state index is 11.8. The standard InChI is InChI=1S/C9H4Br4N2O5/c10-1-3(12)7(16)19-5(1)14-9(18)15-6-2(11)4(13)8(17)20-6/h5-6H,(H2,14,15,18)/t5-,6+. The van der Waals surface area contributed by atoms with Crippen molar-refractivity contribution < 1.29 is 23.9 Å². The molecule has 2 rings (SSSR count). The number of esters is 2. The van der Waals surface area contributed by atoms with Gasteiger partial charge in [-0.3, -0.25) is 10.6 Å². The molecule has 2 amide bonds. The summed E-state index contributed by atoms with van der Waals surface area (Å²) >= 11 is 12.2. The lowest BCUT2D eigenvalue weighted by Gasteiger charge is -2.16. The molecule has 11 heteroatoms. The van der Waals surface area contributed by atoms with Gasteiger partial charge in [0, 0.05) is 0 Å². The average Bonchev–Trinajstić information content (AvgIpc) is 2.76. The molecule has 0 aromatic heterocycles. The lowest BCUT2D eigenvalue weighted by Crippen LogP contribution is -2.47. The number of urea groups is 1. The molecule has 2 heterocycles. The summed E-state index contributed by atoms with van der Waals surface area (Å²) in [5.41, 5.74) is 0. The number of halogens is 4. The van der Waals surface area contributed by atoms with Crippen LogP contribution < -0.4 is 10.6 Å². The summed E-state index contributed by atoms with van der Waals surface area (Å²) in [6, 6.07) is -0.682. The lowest BCUT2D eigenvalue weighted by molar-refractivity contribution is -0.139. The van der Waals surface area contributed by atoms with E-state index in [4.69, 9.17) is 9.47 Å². The van der Waals surface area contributed by atoms with Crippen LogP contribution >= 0.6 is 63.7 Å². The molecule has 0 saturated heterocycles. The molecule has 0 fully saturated rings. The Kier molecular flexibility index (Phi) is 4.92. The van der Waals surface area contributed by atoms with Crippen LogP contribution in [0.3, 0.4) is 0 Å². The van der Waals surface area contributed by atoms with Crippen LogP contribution in [-0.4, -0.2) is 30.4 Å². The molecule has 2 atom stereocenters. The molecule has 0 spiro atoms. The second-order valence-electron chi connectivity index (χ2n) is 3.51. The molecule has 0 unspecified atom stereocenters. The zero-order valence-corrected chi connectivity index (χ0v) is 15.6. The molecule has 0 bridgehead atoms. The monoisotopic (exact) mass is 536 g/mol. The Morgan fingerprint density at radius 1 is 0.850 bits per heavy atom. The number of hydrogen-bond acceptors (Lipinski definition) is 5. The normalized spacial score (nSPS) is 25.8. The van der Waals surface area contributed by atoms with Gasteiger partial charge in [-0.25, -0.2) is 14.4 Å². The first kappa shape index (κ1) is 16.0. The Labute approximate surface area is 146 Å². The van der Waals surface area contributed by atoms with E-state index in [2.05, 4.69) is 74.4 Å². The largest absolute Gasteiger partial charge is 0.433 e. The molecule has 0 aromatic carbocycles. The number of hydrogen-bond donors (Lipinski definition) is 2. The number of nitrogens with one attached hydrogen (secondary N) is 2. The van der Waals surface area contributed by atoms with E-state index < -0.39 is 30.4 Å². The first-order chi connectivity index (χ1) is 9.31. The van der Waals surface area contributed by atoms with Gasteiger partial charge in [0.2, 0.25) is 12.5 Å². The van der Waals surface area contributed by atoms with Gasteiger partial charge in [-0.1, -0.05) is 0 Å². The summed E-state index contributed by atoms with van der Waals surface area (Å²) in [4.78, 5) is 34.2. The van der Waals surface area contributed by atoms with Crippen molar-refractivity contribution in [2.75, 3.05) is 0 Å². The third kappa shape index (κ3) is 3.10. The van der Waals surface area contributed by atoms with Gasteiger partial charge < -0.3 is 9.47 Å². The molecule has 2 aliphatic rings. The Morgan fingerprint density at radius 2 is 1.20 bits per heavy atom. The maximum absolute atomic E-state index is 11.8. The minimum Gasteiger partial charge on any atom is -0.433 e. The third-order valence-corrected chi connectivity index (χ3v) is 6.40. The molecule has 7 nitrogen and oxygen atoms in total. The number of carbonyl (C=O) groups is 3. The number of amides is 2. The van der Waals surface area contributed by atoms with Crippen LogP contribution in [0.2, 0.25) is 0 Å². The van der Waals surface area contributed by atoms with E-state index in [1.807, 2.05) is 0 Å². The highest BCUT2D eigenvalue weighted by Crippen LogP contribution is 2.31. The molecule has 0 aromatic rings. The van der Waals surface area contributed by atoms with E-state index in [1.165, 1.54) is 0 Å². The van der Waals surface area contributed by atoms with E-state index in [0.29, 0.717) is 8.96 Å². The number of ether oxygens (including phenoxy) is 2. The Bertz CT molecular complexity index is 525. The SMILES string of the molecule is O=C(N[C@@H]1OC(=O)C(Br)=C1Br)N[C@H]1OC(=O)C(Br)=C1Br. The van der Waals surface area contributed by atoms with Crippen molar-refractivity contribution in [3.63, 3.8) is 0 Å². The van der Waals surface area contributed by atoms with Crippen LogP contribution in [0.25, 0.3) is 0 Å². The molecule has 2 N–H and O–H groups in total. The summed E-state index contributed by atoms with van der Waals surface area (Å²) in [6.07, 6.45) is -1.89. The molecule has 0 radical (unpaired) electrons. The molecule has 108 valence electrons. The zero-order chi connectivity index (χ0) is 15.0. The number of rotatable bonds is 2. The van der Waals surface area contributed by atoms with E-state index in [1.54, 1.807) is 0 Å². The van der Waals surface area contributed by atoms with Gasteiger partial charge in [-0.2, -0.15) is 0 Å². The van der Waals surface area contributed by atoms with Gasteiger partial charge in [-0.15, -0.1) is 0 Å². The average molecular weight is 540 g/mol. The summed E-state index contributed by atoms with van der Waals surface area (Å²) in [7, 11) is 0. The van der Waals surface area contributed by atoms with Crippen molar-refractivity contribution in [3.8, 4) is 0 Å². The molecule has 20 heavy (non-hydrogen) atoms. The lowest BCUT2D eigenvalue weighted by atomic mass is 10.5. The van der Waals surface area contributed by atoms with Crippen molar-refractivity contribution in [2.24, 2.45) is 0 Å². The summed E-state index contributed by atoms with van der Waals surface area (Å²) < 4.78 is 10.8. The van der Waals surface area contributed by atoms with Crippen LogP contribution in [0.5, 0.6) is 0 Å². The van der Waals surface area contributed by atoms with Gasteiger partial charge in [0.25, 0.3) is 0 Å². The van der Waals surface area contributed by atoms with Crippen LogP contribution in [0, 0.1) is 0 Å². The highest BCUT2D eigenvalue weighted by Gasteiger charge is 2.35. The van der Waals surface area contributed by atoms with Crippen molar-refractivity contribution in [2.45, 2.75) is 12.5 Å². The van der Waals surface area contributed by atoms with Crippen molar-refractivity contribution in [1.82, 2.24) is 10.6 Å². The Balaban J connectivity index is 1.95. The fourth-order valence-electron chi connectivity index (χ4n) is 1.31. The Hall–Kier alpha value is -0.390. The van der Waals surface area contributed by atoms with E-state index in [-0.39, 0.29) is 8.96 Å². The molecule has 0 saturated carbocycles. The maximum Gasteiger partial charge on any atom is 0.348 e. The predicted molar refractivity (Wildman–Crippen MR) is 81.2 cm³/mol. The smallest absolute Gasteiger partial charge is 0.348 e. The fourth-order valence-corrected chi connectivity index (χ4v) is 2.65. The van der Waals surface area contributed by atoms with Crippen molar-refractivity contribution >= 4 is 81.7 Å². The highest BCUT2D eigenvalue weighted by atomic mass is 79.9. The van der Waals surface area contributed by atoms with E-state index in [9.17, 15) is 14.4 Å². The molecule has 0 aliphatic carbocycles. The summed E-state index contributed by atoms with van der Waals surface area (Å²) in [5, 5.41) is 4.78. The topological polar surface area (TPSA) is 93.7 Å². The van der Waals surface area contributed by atoms with Crippen LogP contribution in [-0.2, 0) is 19.1 Å². The quantitative estimate of drug-likeness (QED) is 0.524. The summed E-state index contributed by atoms with van der Waals surface area (Å²) in [5.74, 6) is -1.20. The second kappa shape index (κ2) is 6.16. The van der Waals surface area contributed by atoms with Crippen molar-refractivity contribution in [3.05, 3.63) is 17.9 Å². The first-order valence-corrected chi connectivity index (χ1v) is 8.07. The predicted octanol–water partition coefficient (Wildman–Crippen LogP) is 2.05. The zero-order valence-electron chi connectivity index (χ0n) is 9.21. The van der Waals surface area contributed by atoms with Crippen molar-refractivity contribution in [1.29, 1.82) is 0 Å². The molecule has 2 aliphatic heterocycles. The van der Waals surface area contributed by atoms with Crippen LogP contribution in [0.1, 0.15) is 0 Å². The fraction of sp³-hybridized carbons (Fsp3) is 0.222. The first-order valence-electron chi connectivity index (χ1n) is 4.90. The van der Waals surface area contributed by atoms with E-state index in [0.717, 1.165) is 0 Å². The number of carbonyl (C=O) groups excluding carboxylic acids is 3. The second-order valence-corrected chi connectivity index (χ2v) is 6.81. The van der Waals surface area contributed by atoms with Gasteiger partial charge in [0.1, 0.15) is 8.96 Å². The summed E-state index contributed by atoms with van der Waals surface area (Å²) in [6.45, 7) is 0. The van der Waals surface area contributed by atoms with Gasteiger partial charge in [0.15, 0.2) is 0 Å². The minimum atomic E-state index is -0.944. The van der Waals surface area contributed by atoms with Gasteiger partial charge in [0.05, 0.1) is 8.96 Å². The van der Waals surface area contributed by atoms with Crippen LogP contribution in [0.4, 0.5) is 4.79 Å². The molecular formula is C9H4Br4N2O5. The highest BCUT2D eigenvalue weighted by molar-refractivity contribution is 9.14. The van der Waals surface area contributed by atoms with Gasteiger partial charge in [-0.05, 0) is 63.7 Å². The third-order valence-electron chi connectivity index (χ3n) is 2.21. The van der Waals surface area contributed by atoms with Crippen LogP contribution in [0.15, 0.2) is 17.9 Å². The number of cyclic esters (lactones) is 2. The van der Waals surface area contributed by atoms with Gasteiger partial charge >= 0.3 is 18.0 Å². The molecular weight excluding hydrogens is 536 g/mol. The minimum absolute atomic E-state index is 0.193. The Morgan fingerprint density at radius 3 is 1.45 bits per heavy atom. The van der Waals surface area contributed by atoms with E-state index >= 15 is 0 Å².